The highest BCUT2D eigenvalue weighted by molar-refractivity contribution is 6.15. The molecule has 0 saturated carbocycles. The fraction of sp³-hybridized carbons (Fsp3) is 0. The average molecular weight is 610 g/mol. The Morgan fingerprint density at radius 2 is 0.854 bits per heavy atom. The molecule has 222 valence electrons. The maximum absolute atomic E-state index is 6.41. The Labute approximate surface area is 277 Å². The van der Waals surface area contributed by atoms with Gasteiger partial charge in [0, 0.05) is 33.9 Å². The topological polar surface area (TPSA) is 16.4 Å². The zero-order valence-corrected chi connectivity index (χ0v) is 25.9. The van der Waals surface area contributed by atoms with Gasteiger partial charge in [0.2, 0.25) is 0 Å². The van der Waals surface area contributed by atoms with E-state index < -0.39 is 0 Å². The van der Waals surface area contributed by atoms with E-state index in [2.05, 4.69) is 157 Å². The van der Waals surface area contributed by atoms with Gasteiger partial charge >= 0.3 is 0 Å². The Bertz CT molecular complexity index is 2780. The molecule has 1 heterocycles. The van der Waals surface area contributed by atoms with Crippen molar-refractivity contribution in [3.8, 4) is 55.6 Å². The molecule has 8 aromatic carbocycles. The minimum atomic E-state index is 0.883. The van der Waals surface area contributed by atoms with E-state index in [-0.39, 0.29) is 0 Å². The highest BCUT2D eigenvalue weighted by atomic mass is 16.3. The van der Waals surface area contributed by atoms with Crippen LogP contribution in [0.25, 0.3) is 88.3 Å². The fourth-order valence-corrected chi connectivity index (χ4v) is 8.25. The monoisotopic (exact) mass is 609 g/mol. The van der Waals surface area contributed by atoms with Crippen molar-refractivity contribution < 1.29 is 4.42 Å². The Kier molecular flexibility index (Phi) is 5.14. The third kappa shape index (κ3) is 3.52. The van der Waals surface area contributed by atoms with Crippen molar-refractivity contribution in [1.82, 2.24) is 0 Å². The molecule has 2 heteroatoms. The van der Waals surface area contributed by atoms with E-state index in [4.69, 9.17) is 4.42 Å². The van der Waals surface area contributed by atoms with Crippen molar-refractivity contribution in [3.05, 3.63) is 164 Å². The Morgan fingerprint density at radius 3 is 1.69 bits per heavy atom. The van der Waals surface area contributed by atoms with Gasteiger partial charge in [0.25, 0.3) is 0 Å². The molecule has 11 rings (SSSR count). The van der Waals surface area contributed by atoms with E-state index in [1.54, 1.807) is 0 Å². The van der Waals surface area contributed by atoms with E-state index in [9.17, 15) is 0 Å². The first-order valence-corrected chi connectivity index (χ1v) is 16.5. The van der Waals surface area contributed by atoms with E-state index >= 15 is 0 Å². The molecule has 0 saturated heterocycles. The van der Waals surface area contributed by atoms with Crippen molar-refractivity contribution in [1.29, 1.82) is 0 Å². The molecule has 48 heavy (non-hydrogen) atoms. The second kappa shape index (κ2) is 9.57. The van der Waals surface area contributed by atoms with Crippen LogP contribution < -0.4 is 4.90 Å². The molecule has 0 fully saturated rings. The summed E-state index contributed by atoms with van der Waals surface area (Å²) in [5.74, 6) is 0. The van der Waals surface area contributed by atoms with Crippen LogP contribution in [0.2, 0.25) is 0 Å². The minimum Gasteiger partial charge on any atom is -0.456 e. The average Bonchev–Trinajstić information content (AvgIpc) is 3.47. The lowest BCUT2D eigenvalue weighted by atomic mass is 9.83. The number of hydrogen-bond donors (Lipinski definition) is 0. The summed E-state index contributed by atoms with van der Waals surface area (Å²) in [6, 6.07) is 59.8. The molecule has 0 unspecified atom stereocenters. The molecule has 2 aliphatic carbocycles. The Balaban J connectivity index is 1.19. The molecule has 0 N–H and O–H groups in total. The van der Waals surface area contributed by atoms with Crippen molar-refractivity contribution in [2.45, 2.75) is 0 Å². The van der Waals surface area contributed by atoms with Crippen LogP contribution in [-0.4, -0.2) is 0 Å². The largest absolute Gasteiger partial charge is 0.456 e. The number of hydrogen-bond acceptors (Lipinski definition) is 2. The zero-order valence-electron chi connectivity index (χ0n) is 25.9. The van der Waals surface area contributed by atoms with Crippen LogP contribution in [0.4, 0.5) is 17.1 Å². The predicted molar refractivity (Wildman–Crippen MR) is 200 cm³/mol. The molecule has 0 radical (unpaired) electrons. The van der Waals surface area contributed by atoms with Crippen molar-refractivity contribution in [2.75, 3.05) is 4.90 Å². The van der Waals surface area contributed by atoms with Crippen LogP contribution >= 0.6 is 0 Å². The molecule has 9 aromatic rings. The number of nitrogens with zero attached hydrogens (tertiary/aromatic N) is 1. The number of para-hydroxylation sites is 1. The van der Waals surface area contributed by atoms with Crippen LogP contribution in [0.15, 0.2) is 168 Å². The molecule has 2 nitrogen and oxygen atoms in total. The van der Waals surface area contributed by atoms with E-state index in [0.717, 1.165) is 39.0 Å². The fourth-order valence-electron chi connectivity index (χ4n) is 8.25. The van der Waals surface area contributed by atoms with Gasteiger partial charge in [0.15, 0.2) is 0 Å². The molecule has 0 aliphatic heterocycles. The molecule has 0 spiro atoms. The molecular formula is C46H27NO. The smallest absolute Gasteiger partial charge is 0.137 e. The van der Waals surface area contributed by atoms with Crippen molar-refractivity contribution in [2.24, 2.45) is 0 Å². The second-order valence-electron chi connectivity index (χ2n) is 12.9. The SMILES string of the molecule is c1ccc2c(c1)-c1cccc3c1-c1cc(N(c4ccc5ccccc5c4)c4ccc5c(c4)oc4ccccc45)ccc1-c1cccc-3c1-2. The third-order valence-corrected chi connectivity index (χ3v) is 10.3. The van der Waals surface area contributed by atoms with Crippen LogP contribution in [0.5, 0.6) is 0 Å². The molecular weight excluding hydrogens is 583 g/mol. The summed E-state index contributed by atoms with van der Waals surface area (Å²) < 4.78 is 6.41. The second-order valence-corrected chi connectivity index (χ2v) is 12.9. The maximum atomic E-state index is 6.41. The summed E-state index contributed by atoms with van der Waals surface area (Å²) in [7, 11) is 0. The Hall–Kier alpha value is -6.38. The highest BCUT2D eigenvalue weighted by Crippen LogP contribution is 2.57. The van der Waals surface area contributed by atoms with Crippen molar-refractivity contribution in [3.63, 3.8) is 0 Å². The molecule has 0 amide bonds. The summed E-state index contributed by atoms with van der Waals surface area (Å²) in [6.07, 6.45) is 0. The van der Waals surface area contributed by atoms with Gasteiger partial charge in [0.05, 0.1) is 0 Å². The van der Waals surface area contributed by atoms with E-state index in [1.807, 2.05) is 12.1 Å². The predicted octanol–water partition coefficient (Wildman–Crippen LogP) is 13.2. The van der Waals surface area contributed by atoms with Gasteiger partial charge in [-0.1, -0.05) is 115 Å². The van der Waals surface area contributed by atoms with Crippen LogP contribution in [0.1, 0.15) is 0 Å². The molecule has 0 atom stereocenters. The summed E-state index contributed by atoms with van der Waals surface area (Å²) in [5.41, 5.74) is 17.9. The lowest BCUT2D eigenvalue weighted by Gasteiger charge is -2.28. The number of fused-ring (bicyclic) bond motifs is 8. The van der Waals surface area contributed by atoms with Crippen molar-refractivity contribution >= 4 is 49.8 Å². The Morgan fingerprint density at radius 1 is 0.312 bits per heavy atom. The number of anilines is 3. The number of furan rings is 1. The zero-order chi connectivity index (χ0) is 31.3. The first-order chi connectivity index (χ1) is 23.8. The third-order valence-electron chi connectivity index (χ3n) is 10.3. The van der Waals surface area contributed by atoms with E-state index in [0.29, 0.717) is 0 Å². The summed E-state index contributed by atoms with van der Waals surface area (Å²) in [5, 5.41) is 4.69. The lowest BCUT2D eigenvalue weighted by molar-refractivity contribution is 0.669. The van der Waals surface area contributed by atoms with Gasteiger partial charge in [-0.25, -0.2) is 0 Å². The standard InChI is InChI=1S/C46H27NO/c1-2-10-29-25-30(20-19-28(29)9-1)47(32-22-24-36-35-12-5-6-18-43(35)48-44(36)27-32)31-21-23-34-39-15-8-16-40-41-17-7-14-38(46(41)42(34)26-31)33-11-3-4-13-37(33)45(39)40/h1-27H. The maximum Gasteiger partial charge on any atom is 0.137 e. The van der Waals surface area contributed by atoms with Crippen LogP contribution in [0.3, 0.4) is 0 Å². The summed E-state index contributed by atoms with van der Waals surface area (Å²) in [6.45, 7) is 0. The highest BCUT2D eigenvalue weighted by Gasteiger charge is 2.31. The first-order valence-electron chi connectivity index (χ1n) is 16.5. The number of benzene rings is 8. The molecule has 6 bridgehead atoms. The lowest BCUT2D eigenvalue weighted by Crippen LogP contribution is -2.10. The normalized spacial score (nSPS) is 12.2. The van der Waals surface area contributed by atoms with Gasteiger partial charge in [-0.2, -0.15) is 0 Å². The minimum absolute atomic E-state index is 0.883. The van der Waals surface area contributed by atoms with Gasteiger partial charge in [-0.05, 0) is 109 Å². The first kappa shape index (κ1) is 25.8. The molecule has 2 aliphatic rings. The van der Waals surface area contributed by atoms with Gasteiger partial charge in [0.1, 0.15) is 11.2 Å². The quantitative estimate of drug-likeness (QED) is 0.198. The molecule has 1 aromatic heterocycles. The van der Waals surface area contributed by atoms with E-state index in [1.165, 1.54) is 66.4 Å². The van der Waals surface area contributed by atoms with Crippen LogP contribution in [0, 0.1) is 0 Å². The van der Waals surface area contributed by atoms with Crippen LogP contribution in [-0.2, 0) is 0 Å². The van der Waals surface area contributed by atoms with Gasteiger partial charge in [-0.15, -0.1) is 0 Å². The number of rotatable bonds is 3. The summed E-state index contributed by atoms with van der Waals surface area (Å²) in [4.78, 5) is 2.38. The summed E-state index contributed by atoms with van der Waals surface area (Å²) >= 11 is 0. The van der Waals surface area contributed by atoms with Gasteiger partial charge < -0.3 is 9.32 Å². The van der Waals surface area contributed by atoms with Gasteiger partial charge in [-0.3, -0.25) is 0 Å².